The van der Waals surface area contributed by atoms with E-state index in [2.05, 4.69) is 15.9 Å². The van der Waals surface area contributed by atoms with Crippen LogP contribution in [0.4, 0.5) is 5.69 Å². The summed E-state index contributed by atoms with van der Waals surface area (Å²) in [6, 6.07) is 12.8. The zero-order valence-electron chi connectivity index (χ0n) is 14.0. The molecule has 0 aromatic heterocycles. The minimum Gasteiger partial charge on any atom is -0.478 e. The van der Waals surface area contributed by atoms with E-state index in [1.165, 1.54) is 6.07 Å². The summed E-state index contributed by atoms with van der Waals surface area (Å²) >= 11 is 12.5. The molecule has 1 N–H and O–H groups in total. The standard InChI is InChI=1S/C19H17Cl2N3O2/c20-16-6-5-14(19(25)26)18(21)15(16)12-23-7-9-24(10-8-23)17-4-2-1-3-13(17)11-22/h1-6H,7-10,12H2,(H,25,26). The molecular formula is C19H17Cl2N3O2. The average Bonchev–Trinajstić information content (AvgIpc) is 2.65. The van der Waals surface area contributed by atoms with E-state index in [1.807, 2.05) is 24.3 Å². The Kier molecular flexibility index (Phi) is 5.67. The molecule has 2 aromatic carbocycles. The summed E-state index contributed by atoms with van der Waals surface area (Å²) in [5.74, 6) is -1.06. The SMILES string of the molecule is N#Cc1ccccc1N1CCN(Cc2c(Cl)ccc(C(=O)O)c2Cl)CC1. The molecule has 1 aliphatic rings. The molecule has 26 heavy (non-hydrogen) atoms. The highest BCUT2D eigenvalue weighted by atomic mass is 35.5. The van der Waals surface area contributed by atoms with Crippen molar-refractivity contribution in [1.29, 1.82) is 5.26 Å². The summed E-state index contributed by atoms with van der Waals surface area (Å²) in [5, 5.41) is 19.2. The topological polar surface area (TPSA) is 67.6 Å². The molecule has 0 saturated carbocycles. The average molecular weight is 390 g/mol. The summed E-state index contributed by atoms with van der Waals surface area (Å²) in [5.41, 5.74) is 2.31. The summed E-state index contributed by atoms with van der Waals surface area (Å²) in [6.45, 7) is 3.57. The van der Waals surface area contributed by atoms with Crippen LogP contribution in [0.3, 0.4) is 0 Å². The number of hydrogen-bond acceptors (Lipinski definition) is 4. The van der Waals surface area contributed by atoms with Crippen molar-refractivity contribution in [2.75, 3.05) is 31.1 Å². The van der Waals surface area contributed by atoms with Crippen LogP contribution in [0.1, 0.15) is 21.5 Å². The summed E-state index contributed by atoms with van der Waals surface area (Å²) in [6.07, 6.45) is 0. The Hall–Kier alpha value is -2.26. The Labute approximate surface area is 162 Å². The number of nitriles is 1. The number of para-hydroxylation sites is 1. The predicted octanol–water partition coefficient (Wildman–Crippen LogP) is 3.89. The molecule has 1 heterocycles. The number of carboxylic acids is 1. The monoisotopic (exact) mass is 389 g/mol. The summed E-state index contributed by atoms with van der Waals surface area (Å²) < 4.78 is 0. The number of carbonyl (C=O) groups is 1. The van der Waals surface area contributed by atoms with Crippen LogP contribution in [0.5, 0.6) is 0 Å². The molecule has 0 spiro atoms. The van der Waals surface area contributed by atoms with E-state index in [0.29, 0.717) is 22.7 Å². The van der Waals surface area contributed by atoms with Gasteiger partial charge in [0.25, 0.3) is 0 Å². The fraction of sp³-hybridized carbons (Fsp3) is 0.263. The predicted molar refractivity (Wildman–Crippen MR) is 102 cm³/mol. The maximum absolute atomic E-state index is 11.3. The van der Waals surface area contributed by atoms with Crippen LogP contribution in [0.2, 0.25) is 10.0 Å². The van der Waals surface area contributed by atoms with Gasteiger partial charge in [-0.1, -0.05) is 35.3 Å². The van der Waals surface area contributed by atoms with Gasteiger partial charge in [0.1, 0.15) is 6.07 Å². The molecule has 0 unspecified atom stereocenters. The molecule has 1 saturated heterocycles. The van der Waals surface area contributed by atoms with E-state index in [0.717, 1.165) is 31.9 Å². The number of nitrogens with zero attached hydrogens (tertiary/aromatic N) is 3. The number of anilines is 1. The first-order chi connectivity index (χ1) is 12.5. The van der Waals surface area contributed by atoms with Gasteiger partial charge in [-0.3, -0.25) is 4.90 Å². The first kappa shape index (κ1) is 18.5. The van der Waals surface area contributed by atoms with Crippen LogP contribution in [0, 0.1) is 11.3 Å². The molecule has 0 atom stereocenters. The highest BCUT2D eigenvalue weighted by Gasteiger charge is 2.22. The number of halogens is 2. The second-order valence-corrected chi connectivity index (χ2v) is 6.87. The molecule has 7 heteroatoms. The van der Waals surface area contributed by atoms with Gasteiger partial charge in [0.2, 0.25) is 0 Å². The third kappa shape index (κ3) is 3.78. The zero-order chi connectivity index (χ0) is 18.7. The molecule has 5 nitrogen and oxygen atoms in total. The molecule has 0 radical (unpaired) electrons. The maximum Gasteiger partial charge on any atom is 0.337 e. The lowest BCUT2D eigenvalue weighted by molar-refractivity contribution is 0.0697. The number of piperazine rings is 1. The lowest BCUT2D eigenvalue weighted by Crippen LogP contribution is -2.46. The number of carboxylic acid groups (broad SMARTS) is 1. The van der Waals surface area contributed by atoms with Gasteiger partial charge in [0.15, 0.2) is 0 Å². The fourth-order valence-corrected chi connectivity index (χ4v) is 3.69. The lowest BCUT2D eigenvalue weighted by atomic mass is 10.1. The van der Waals surface area contributed by atoms with Gasteiger partial charge in [-0.2, -0.15) is 5.26 Å². The van der Waals surface area contributed by atoms with Crippen LogP contribution in [0.25, 0.3) is 0 Å². The minimum absolute atomic E-state index is 0.0626. The van der Waals surface area contributed by atoms with Gasteiger partial charge < -0.3 is 10.0 Å². The minimum atomic E-state index is -1.06. The van der Waals surface area contributed by atoms with Gasteiger partial charge >= 0.3 is 5.97 Å². The van der Waals surface area contributed by atoms with Gasteiger partial charge in [-0.15, -0.1) is 0 Å². The zero-order valence-corrected chi connectivity index (χ0v) is 15.5. The van der Waals surface area contributed by atoms with E-state index < -0.39 is 5.97 Å². The maximum atomic E-state index is 11.3. The summed E-state index contributed by atoms with van der Waals surface area (Å²) in [4.78, 5) is 15.6. The Bertz CT molecular complexity index is 872. The largest absolute Gasteiger partial charge is 0.478 e. The van der Waals surface area contributed by atoms with Gasteiger partial charge in [0.05, 0.1) is 21.8 Å². The highest BCUT2D eigenvalue weighted by Crippen LogP contribution is 2.30. The third-order valence-electron chi connectivity index (χ3n) is 4.54. The second kappa shape index (κ2) is 7.96. The van der Waals surface area contributed by atoms with Crippen LogP contribution in [-0.4, -0.2) is 42.2 Å². The van der Waals surface area contributed by atoms with E-state index in [1.54, 1.807) is 6.07 Å². The summed E-state index contributed by atoms with van der Waals surface area (Å²) in [7, 11) is 0. The molecular weight excluding hydrogens is 373 g/mol. The lowest BCUT2D eigenvalue weighted by Gasteiger charge is -2.36. The van der Waals surface area contributed by atoms with Crippen LogP contribution in [-0.2, 0) is 6.54 Å². The third-order valence-corrected chi connectivity index (χ3v) is 5.32. The number of hydrogen-bond donors (Lipinski definition) is 1. The van der Waals surface area contributed by atoms with E-state index in [9.17, 15) is 15.2 Å². The van der Waals surface area contributed by atoms with Gasteiger partial charge in [0, 0.05) is 43.3 Å². The highest BCUT2D eigenvalue weighted by molar-refractivity contribution is 6.37. The molecule has 3 rings (SSSR count). The van der Waals surface area contributed by atoms with Crippen LogP contribution in [0.15, 0.2) is 36.4 Å². The first-order valence-electron chi connectivity index (χ1n) is 8.18. The number of benzene rings is 2. The molecule has 0 bridgehead atoms. The van der Waals surface area contributed by atoms with Crippen molar-refractivity contribution in [2.24, 2.45) is 0 Å². The number of rotatable bonds is 4. The van der Waals surface area contributed by atoms with Gasteiger partial charge in [-0.25, -0.2) is 4.79 Å². The van der Waals surface area contributed by atoms with Gasteiger partial charge in [-0.05, 0) is 24.3 Å². The molecule has 0 amide bonds. The fourth-order valence-electron chi connectivity index (χ4n) is 3.12. The van der Waals surface area contributed by atoms with Crippen molar-refractivity contribution in [3.05, 3.63) is 63.1 Å². The molecule has 1 aliphatic heterocycles. The molecule has 0 aliphatic carbocycles. The van der Waals surface area contributed by atoms with Crippen LogP contribution >= 0.6 is 23.2 Å². The van der Waals surface area contributed by atoms with Crippen molar-refractivity contribution in [1.82, 2.24) is 4.90 Å². The van der Waals surface area contributed by atoms with E-state index in [-0.39, 0.29) is 10.6 Å². The van der Waals surface area contributed by atoms with Crippen molar-refractivity contribution in [3.8, 4) is 6.07 Å². The Morgan fingerprint density at radius 1 is 1.12 bits per heavy atom. The quantitative estimate of drug-likeness (QED) is 0.858. The first-order valence-corrected chi connectivity index (χ1v) is 8.93. The smallest absolute Gasteiger partial charge is 0.337 e. The van der Waals surface area contributed by atoms with Crippen molar-refractivity contribution in [3.63, 3.8) is 0 Å². The van der Waals surface area contributed by atoms with Crippen molar-refractivity contribution in [2.45, 2.75) is 6.54 Å². The Morgan fingerprint density at radius 2 is 1.81 bits per heavy atom. The van der Waals surface area contributed by atoms with Crippen molar-refractivity contribution < 1.29 is 9.90 Å². The van der Waals surface area contributed by atoms with Crippen molar-refractivity contribution >= 4 is 34.9 Å². The van der Waals surface area contributed by atoms with Crippen LogP contribution < -0.4 is 4.90 Å². The Morgan fingerprint density at radius 3 is 2.46 bits per heavy atom. The molecule has 1 fully saturated rings. The molecule has 134 valence electrons. The second-order valence-electron chi connectivity index (χ2n) is 6.08. The number of aromatic carboxylic acids is 1. The molecule has 2 aromatic rings. The normalized spacial score (nSPS) is 14.9. The Balaban J connectivity index is 1.71. The van der Waals surface area contributed by atoms with E-state index in [4.69, 9.17) is 23.2 Å². The van der Waals surface area contributed by atoms with E-state index >= 15 is 0 Å².